The summed E-state index contributed by atoms with van der Waals surface area (Å²) in [6.07, 6.45) is 0.931. The molecule has 96 valence electrons. The second-order valence-electron chi connectivity index (χ2n) is 4.34. The molecule has 18 heavy (non-hydrogen) atoms. The van der Waals surface area contributed by atoms with Gasteiger partial charge in [-0.05, 0) is 18.6 Å². The van der Waals surface area contributed by atoms with Crippen molar-refractivity contribution in [1.82, 2.24) is 4.90 Å². The number of nitriles is 1. The number of carbonyl (C=O) groups is 1. The van der Waals surface area contributed by atoms with Gasteiger partial charge in [0, 0.05) is 20.6 Å². The number of para-hydroxylation sites is 1. The van der Waals surface area contributed by atoms with Crippen molar-refractivity contribution in [3.8, 4) is 6.07 Å². The summed E-state index contributed by atoms with van der Waals surface area (Å²) in [7, 11) is 3.48. The highest BCUT2D eigenvalue weighted by atomic mass is 16.2. The molecule has 0 radical (unpaired) electrons. The number of hydrogen-bond acceptors (Lipinski definition) is 3. The number of rotatable bonds is 5. The molecule has 0 aliphatic rings. The molecule has 0 atom stereocenters. The molecule has 0 unspecified atom stereocenters. The second kappa shape index (κ2) is 6.65. The van der Waals surface area contributed by atoms with Gasteiger partial charge in [0.25, 0.3) is 0 Å². The summed E-state index contributed by atoms with van der Waals surface area (Å²) >= 11 is 0. The maximum Gasteiger partial charge on any atom is 0.241 e. The van der Waals surface area contributed by atoms with E-state index < -0.39 is 0 Å². The van der Waals surface area contributed by atoms with Crippen LogP contribution in [0.4, 0.5) is 5.69 Å². The van der Waals surface area contributed by atoms with Gasteiger partial charge in [-0.2, -0.15) is 5.26 Å². The zero-order valence-electron chi connectivity index (χ0n) is 11.2. The van der Waals surface area contributed by atoms with Crippen LogP contribution in [0.1, 0.15) is 18.9 Å². The van der Waals surface area contributed by atoms with Gasteiger partial charge in [-0.3, -0.25) is 4.79 Å². The minimum atomic E-state index is 0.0381. The quantitative estimate of drug-likeness (QED) is 0.795. The Bertz CT molecular complexity index is 449. The van der Waals surface area contributed by atoms with Gasteiger partial charge in [0.2, 0.25) is 5.91 Å². The molecule has 0 aliphatic carbocycles. The average molecular weight is 245 g/mol. The van der Waals surface area contributed by atoms with Gasteiger partial charge in [0.05, 0.1) is 17.8 Å². The molecule has 1 rings (SSSR count). The Hall–Kier alpha value is -2.02. The molecule has 1 aromatic carbocycles. The number of benzene rings is 1. The van der Waals surface area contributed by atoms with E-state index in [0.717, 1.165) is 18.7 Å². The second-order valence-corrected chi connectivity index (χ2v) is 4.34. The van der Waals surface area contributed by atoms with E-state index in [-0.39, 0.29) is 5.91 Å². The maximum atomic E-state index is 11.8. The van der Waals surface area contributed by atoms with Crippen LogP contribution in [-0.2, 0) is 4.79 Å². The normalized spacial score (nSPS) is 9.67. The molecule has 1 aromatic rings. The fourth-order valence-electron chi connectivity index (χ4n) is 1.70. The largest absolute Gasteiger partial charge is 0.361 e. The van der Waals surface area contributed by atoms with Gasteiger partial charge < -0.3 is 9.80 Å². The first-order valence-corrected chi connectivity index (χ1v) is 6.04. The number of nitrogens with zero attached hydrogens (tertiary/aromatic N) is 3. The Morgan fingerprint density at radius 1 is 1.33 bits per heavy atom. The molecule has 4 heteroatoms. The molecule has 0 saturated carbocycles. The lowest BCUT2D eigenvalue weighted by Crippen LogP contribution is -2.37. The first kappa shape index (κ1) is 14.0. The van der Waals surface area contributed by atoms with Crippen LogP contribution in [0, 0.1) is 11.3 Å². The Morgan fingerprint density at radius 2 is 2.00 bits per heavy atom. The Kier molecular flexibility index (Phi) is 5.19. The van der Waals surface area contributed by atoms with Crippen molar-refractivity contribution in [2.45, 2.75) is 13.3 Å². The number of hydrogen-bond donors (Lipinski definition) is 0. The van der Waals surface area contributed by atoms with Gasteiger partial charge in [0.1, 0.15) is 6.07 Å². The van der Waals surface area contributed by atoms with Crippen LogP contribution in [0.5, 0.6) is 0 Å². The highest BCUT2D eigenvalue weighted by Crippen LogP contribution is 2.19. The lowest BCUT2D eigenvalue weighted by atomic mass is 10.1. The highest BCUT2D eigenvalue weighted by molar-refractivity contribution is 5.81. The van der Waals surface area contributed by atoms with Gasteiger partial charge in [-0.15, -0.1) is 0 Å². The number of likely N-dealkylation sites (N-methyl/N-ethyl adjacent to an activating group) is 1. The van der Waals surface area contributed by atoms with E-state index in [4.69, 9.17) is 5.26 Å². The predicted molar refractivity (Wildman–Crippen MR) is 72.4 cm³/mol. The fourth-order valence-corrected chi connectivity index (χ4v) is 1.70. The predicted octanol–water partition coefficient (Wildman–Crippen LogP) is 1.86. The third-order valence-electron chi connectivity index (χ3n) is 2.68. The molecule has 0 aromatic heterocycles. The maximum absolute atomic E-state index is 11.8. The molecule has 0 saturated heterocycles. The van der Waals surface area contributed by atoms with Crippen LogP contribution in [0.3, 0.4) is 0 Å². The summed E-state index contributed by atoms with van der Waals surface area (Å²) < 4.78 is 0. The lowest BCUT2D eigenvalue weighted by molar-refractivity contribution is -0.127. The Labute approximate surface area is 108 Å². The molecule has 0 spiro atoms. The first-order chi connectivity index (χ1) is 8.60. The molecule has 0 bridgehead atoms. The monoisotopic (exact) mass is 245 g/mol. The number of amides is 1. The minimum absolute atomic E-state index is 0.0381. The van der Waals surface area contributed by atoms with Crippen molar-refractivity contribution in [3.05, 3.63) is 29.8 Å². The van der Waals surface area contributed by atoms with Crippen LogP contribution in [0.15, 0.2) is 24.3 Å². The summed E-state index contributed by atoms with van der Waals surface area (Å²) in [5, 5.41) is 9.11. The van der Waals surface area contributed by atoms with Gasteiger partial charge in [-0.1, -0.05) is 19.1 Å². The topological polar surface area (TPSA) is 47.3 Å². The molecule has 4 nitrogen and oxygen atoms in total. The standard InChI is InChI=1S/C14H19N3O/c1-4-9-17(11-14(18)16(2)3)13-8-6-5-7-12(13)10-15/h5-8H,4,9,11H2,1-3H3. The van der Waals surface area contributed by atoms with E-state index >= 15 is 0 Å². The van der Waals surface area contributed by atoms with Crippen molar-refractivity contribution in [1.29, 1.82) is 5.26 Å². The lowest BCUT2D eigenvalue weighted by Gasteiger charge is -2.26. The first-order valence-electron chi connectivity index (χ1n) is 6.04. The van der Waals surface area contributed by atoms with Gasteiger partial charge >= 0.3 is 0 Å². The molecule has 0 aliphatic heterocycles. The molecular weight excluding hydrogens is 226 g/mol. The van der Waals surface area contributed by atoms with Crippen molar-refractivity contribution >= 4 is 11.6 Å². The molecule has 0 N–H and O–H groups in total. The summed E-state index contributed by atoms with van der Waals surface area (Å²) in [6.45, 7) is 3.12. The SMILES string of the molecule is CCCN(CC(=O)N(C)C)c1ccccc1C#N. The van der Waals surface area contributed by atoms with E-state index in [0.29, 0.717) is 12.1 Å². The Morgan fingerprint density at radius 3 is 2.56 bits per heavy atom. The van der Waals surface area contributed by atoms with E-state index in [1.807, 2.05) is 23.1 Å². The summed E-state index contributed by atoms with van der Waals surface area (Å²) in [4.78, 5) is 15.3. The third kappa shape index (κ3) is 3.49. The summed E-state index contributed by atoms with van der Waals surface area (Å²) in [6, 6.07) is 9.55. The summed E-state index contributed by atoms with van der Waals surface area (Å²) in [5.74, 6) is 0.0381. The van der Waals surface area contributed by atoms with Crippen LogP contribution in [-0.4, -0.2) is 38.0 Å². The third-order valence-corrected chi connectivity index (χ3v) is 2.68. The van der Waals surface area contributed by atoms with Gasteiger partial charge in [-0.25, -0.2) is 0 Å². The van der Waals surface area contributed by atoms with E-state index in [9.17, 15) is 4.79 Å². The van der Waals surface area contributed by atoms with E-state index in [1.54, 1.807) is 25.1 Å². The van der Waals surface area contributed by atoms with E-state index in [2.05, 4.69) is 13.0 Å². The molecular formula is C14H19N3O. The van der Waals surface area contributed by atoms with Crippen molar-refractivity contribution in [2.75, 3.05) is 32.1 Å². The van der Waals surface area contributed by atoms with Crippen LogP contribution in [0.2, 0.25) is 0 Å². The zero-order valence-corrected chi connectivity index (χ0v) is 11.2. The minimum Gasteiger partial charge on any atom is -0.361 e. The average Bonchev–Trinajstić information content (AvgIpc) is 2.38. The smallest absolute Gasteiger partial charge is 0.241 e. The molecule has 0 fully saturated rings. The van der Waals surface area contributed by atoms with Crippen LogP contribution >= 0.6 is 0 Å². The van der Waals surface area contributed by atoms with Crippen molar-refractivity contribution < 1.29 is 4.79 Å². The Balaban J connectivity index is 2.97. The van der Waals surface area contributed by atoms with Crippen LogP contribution < -0.4 is 4.90 Å². The zero-order chi connectivity index (χ0) is 13.5. The number of carbonyl (C=O) groups excluding carboxylic acids is 1. The summed E-state index contributed by atoms with van der Waals surface area (Å²) in [5.41, 5.74) is 1.44. The number of anilines is 1. The van der Waals surface area contributed by atoms with Gasteiger partial charge in [0.15, 0.2) is 0 Å². The van der Waals surface area contributed by atoms with Crippen molar-refractivity contribution in [2.24, 2.45) is 0 Å². The van der Waals surface area contributed by atoms with E-state index in [1.165, 1.54) is 0 Å². The molecule has 0 heterocycles. The highest BCUT2D eigenvalue weighted by Gasteiger charge is 2.14. The fraction of sp³-hybridized carbons (Fsp3) is 0.429. The van der Waals surface area contributed by atoms with Crippen LogP contribution in [0.25, 0.3) is 0 Å². The van der Waals surface area contributed by atoms with Crippen molar-refractivity contribution in [3.63, 3.8) is 0 Å². The molecule has 1 amide bonds.